The normalized spacial score (nSPS) is 16.4. The van der Waals surface area contributed by atoms with Gasteiger partial charge in [0.15, 0.2) is 5.78 Å². The van der Waals surface area contributed by atoms with Crippen molar-refractivity contribution in [1.82, 2.24) is 4.57 Å². The fourth-order valence-corrected chi connectivity index (χ4v) is 3.41. The van der Waals surface area contributed by atoms with Gasteiger partial charge >= 0.3 is 0 Å². The molecule has 2 heteroatoms. The van der Waals surface area contributed by atoms with Crippen molar-refractivity contribution in [3.63, 3.8) is 0 Å². The molecule has 0 saturated carbocycles. The molecule has 0 N–H and O–H groups in total. The molecule has 0 bridgehead atoms. The second-order valence-electron chi connectivity index (χ2n) is 6.41. The van der Waals surface area contributed by atoms with E-state index in [1.807, 2.05) is 44.2 Å². The first kappa shape index (κ1) is 12.4. The lowest BCUT2D eigenvalue weighted by atomic mass is 9.88. The van der Waals surface area contributed by atoms with Crippen LogP contribution in [0.25, 0.3) is 16.6 Å². The highest BCUT2D eigenvalue weighted by atomic mass is 16.1. The van der Waals surface area contributed by atoms with E-state index in [0.29, 0.717) is 0 Å². The molecular weight excluding hydrogens is 258 g/mol. The Bertz CT molecular complexity index is 856. The summed E-state index contributed by atoms with van der Waals surface area (Å²) < 4.78 is 2.13. The van der Waals surface area contributed by atoms with Gasteiger partial charge in [0, 0.05) is 16.5 Å². The molecule has 1 aromatic heterocycles. The Balaban J connectivity index is 2.13. The van der Waals surface area contributed by atoms with E-state index in [2.05, 4.69) is 28.8 Å². The largest absolute Gasteiger partial charge is 0.306 e. The summed E-state index contributed by atoms with van der Waals surface area (Å²) in [5, 5.41) is 1.20. The van der Waals surface area contributed by atoms with Gasteiger partial charge in [0.25, 0.3) is 0 Å². The average molecular weight is 275 g/mol. The van der Waals surface area contributed by atoms with Crippen LogP contribution in [-0.2, 0) is 6.42 Å². The third-order valence-corrected chi connectivity index (χ3v) is 4.44. The van der Waals surface area contributed by atoms with Gasteiger partial charge in [0.1, 0.15) is 0 Å². The monoisotopic (exact) mass is 275 g/mol. The third-order valence-electron chi connectivity index (χ3n) is 4.44. The number of hydrogen-bond acceptors (Lipinski definition) is 1. The molecule has 0 amide bonds. The van der Waals surface area contributed by atoms with Gasteiger partial charge in [-0.3, -0.25) is 4.79 Å². The number of hydrogen-bond donors (Lipinski definition) is 0. The summed E-state index contributed by atoms with van der Waals surface area (Å²) in [7, 11) is 0. The standard InChI is InChI=1S/C19H17NO/c1-19(2)12-15-14-10-6-7-11-16(14)20(17(15)18(19)21)13-8-4-3-5-9-13/h3-11H,12H2,1-2H3. The van der Waals surface area contributed by atoms with E-state index in [1.165, 1.54) is 10.9 Å². The van der Waals surface area contributed by atoms with Crippen LogP contribution in [0, 0.1) is 5.41 Å². The zero-order valence-corrected chi connectivity index (χ0v) is 12.3. The molecule has 0 unspecified atom stereocenters. The number of rotatable bonds is 1. The summed E-state index contributed by atoms with van der Waals surface area (Å²) in [5.41, 5.74) is 3.95. The van der Waals surface area contributed by atoms with Crippen LogP contribution in [0.3, 0.4) is 0 Å². The van der Waals surface area contributed by atoms with Gasteiger partial charge in [-0.05, 0) is 30.2 Å². The van der Waals surface area contributed by atoms with E-state index >= 15 is 0 Å². The third kappa shape index (κ3) is 1.62. The fraction of sp³-hybridized carbons (Fsp3) is 0.211. The lowest BCUT2D eigenvalue weighted by Gasteiger charge is -2.16. The highest BCUT2D eigenvalue weighted by molar-refractivity contribution is 6.09. The molecule has 0 saturated heterocycles. The summed E-state index contributed by atoms with van der Waals surface area (Å²) in [6.07, 6.45) is 0.821. The number of Topliss-reactive ketones (excluding diaryl/α,β-unsaturated/α-hetero) is 1. The van der Waals surface area contributed by atoms with Crippen molar-refractivity contribution < 1.29 is 4.79 Å². The molecule has 2 aromatic carbocycles. The van der Waals surface area contributed by atoms with E-state index in [9.17, 15) is 4.79 Å². The molecule has 0 radical (unpaired) electrons. The average Bonchev–Trinajstić information content (AvgIpc) is 2.92. The zero-order chi connectivity index (χ0) is 14.6. The van der Waals surface area contributed by atoms with Crippen LogP contribution in [0.2, 0.25) is 0 Å². The molecule has 1 heterocycles. The number of para-hydroxylation sites is 2. The van der Waals surface area contributed by atoms with Gasteiger partial charge in [0.05, 0.1) is 11.2 Å². The molecule has 0 atom stereocenters. The first-order valence-corrected chi connectivity index (χ1v) is 7.32. The molecule has 1 aliphatic rings. The number of carbonyl (C=O) groups excluding carboxylic acids is 1. The number of carbonyl (C=O) groups is 1. The highest BCUT2D eigenvalue weighted by Crippen LogP contribution is 2.42. The Kier molecular flexibility index (Phi) is 2.41. The fourth-order valence-electron chi connectivity index (χ4n) is 3.41. The van der Waals surface area contributed by atoms with Gasteiger partial charge in [-0.25, -0.2) is 0 Å². The molecule has 104 valence electrons. The van der Waals surface area contributed by atoms with E-state index < -0.39 is 0 Å². The van der Waals surface area contributed by atoms with Crippen molar-refractivity contribution in [3.05, 3.63) is 65.9 Å². The van der Waals surface area contributed by atoms with Crippen molar-refractivity contribution in [2.75, 3.05) is 0 Å². The van der Waals surface area contributed by atoms with Crippen LogP contribution in [-0.4, -0.2) is 10.4 Å². The van der Waals surface area contributed by atoms with E-state index in [0.717, 1.165) is 23.3 Å². The van der Waals surface area contributed by atoms with E-state index in [4.69, 9.17) is 0 Å². The predicted octanol–water partition coefficient (Wildman–Crippen LogP) is 4.40. The summed E-state index contributed by atoms with van der Waals surface area (Å²) in [4.78, 5) is 12.9. The topological polar surface area (TPSA) is 22.0 Å². The van der Waals surface area contributed by atoms with Gasteiger partial charge in [0.2, 0.25) is 0 Å². The maximum Gasteiger partial charge on any atom is 0.185 e. The van der Waals surface area contributed by atoms with Gasteiger partial charge in [-0.1, -0.05) is 50.2 Å². The maximum atomic E-state index is 12.9. The number of benzene rings is 2. The second kappa shape index (κ2) is 4.08. The minimum absolute atomic E-state index is 0.248. The molecule has 3 aromatic rings. The van der Waals surface area contributed by atoms with Gasteiger partial charge in [-0.2, -0.15) is 0 Å². The van der Waals surface area contributed by atoms with Crippen LogP contribution in [0.15, 0.2) is 54.6 Å². The number of ketones is 1. The Hall–Kier alpha value is -2.35. The molecule has 0 fully saturated rings. The molecule has 2 nitrogen and oxygen atoms in total. The lowest BCUT2D eigenvalue weighted by Crippen LogP contribution is -2.21. The lowest BCUT2D eigenvalue weighted by molar-refractivity contribution is 0.0857. The quantitative estimate of drug-likeness (QED) is 0.645. The van der Waals surface area contributed by atoms with Crippen LogP contribution >= 0.6 is 0 Å². The summed E-state index contributed by atoms with van der Waals surface area (Å²) in [6.45, 7) is 4.08. The number of aromatic nitrogens is 1. The van der Waals surface area contributed by atoms with Crippen molar-refractivity contribution in [2.24, 2.45) is 5.41 Å². The molecule has 0 aliphatic heterocycles. The van der Waals surface area contributed by atoms with Crippen LogP contribution < -0.4 is 0 Å². The Morgan fingerprint density at radius 3 is 2.38 bits per heavy atom. The summed E-state index contributed by atoms with van der Waals surface area (Å²) in [6, 6.07) is 18.5. The second-order valence-corrected chi connectivity index (χ2v) is 6.41. The van der Waals surface area contributed by atoms with E-state index in [1.54, 1.807) is 0 Å². The molecule has 0 spiro atoms. The van der Waals surface area contributed by atoms with Crippen molar-refractivity contribution in [2.45, 2.75) is 20.3 Å². The Labute approximate surface area is 124 Å². The Morgan fingerprint density at radius 2 is 1.62 bits per heavy atom. The smallest absolute Gasteiger partial charge is 0.185 e. The SMILES string of the molecule is CC1(C)Cc2c(n(-c3ccccc3)c3ccccc23)C1=O. The molecule has 4 rings (SSSR count). The highest BCUT2D eigenvalue weighted by Gasteiger charge is 2.41. The van der Waals surface area contributed by atoms with Gasteiger partial charge in [-0.15, -0.1) is 0 Å². The predicted molar refractivity (Wildman–Crippen MR) is 85.1 cm³/mol. The molecular formula is C19H17NO. The first-order valence-electron chi connectivity index (χ1n) is 7.32. The minimum Gasteiger partial charge on any atom is -0.306 e. The van der Waals surface area contributed by atoms with Crippen LogP contribution in [0.1, 0.15) is 29.9 Å². The van der Waals surface area contributed by atoms with E-state index in [-0.39, 0.29) is 11.2 Å². The van der Waals surface area contributed by atoms with Crippen LogP contribution in [0.5, 0.6) is 0 Å². The molecule has 1 aliphatic carbocycles. The minimum atomic E-state index is -0.300. The molecule has 21 heavy (non-hydrogen) atoms. The van der Waals surface area contributed by atoms with Crippen molar-refractivity contribution in [1.29, 1.82) is 0 Å². The first-order chi connectivity index (χ1) is 10.1. The number of nitrogens with zero attached hydrogens (tertiary/aromatic N) is 1. The van der Waals surface area contributed by atoms with Gasteiger partial charge < -0.3 is 4.57 Å². The summed E-state index contributed by atoms with van der Waals surface area (Å²) in [5.74, 6) is 0.248. The summed E-state index contributed by atoms with van der Waals surface area (Å²) >= 11 is 0. The van der Waals surface area contributed by atoms with Crippen LogP contribution in [0.4, 0.5) is 0 Å². The Morgan fingerprint density at radius 1 is 0.952 bits per heavy atom. The van der Waals surface area contributed by atoms with Crippen molar-refractivity contribution in [3.8, 4) is 5.69 Å². The van der Waals surface area contributed by atoms with Crippen molar-refractivity contribution >= 4 is 16.7 Å². The maximum absolute atomic E-state index is 12.9. The zero-order valence-electron chi connectivity index (χ0n) is 12.3. The number of fused-ring (bicyclic) bond motifs is 3.